The molecule has 8 nitrogen and oxygen atoms in total. The van der Waals surface area contributed by atoms with Crippen LogP contribution in [0.1, 0.15) is 18.6 Å². The Morgan fingerprint density at radius 1 is 1.14 bits per heavy atom. The fraction of sp³-hybridized carbons (Fsp3) is 0.261. The fourth-order valence-electron chi connectivity index (χ4n) is 3.67. The molecular formula is C23H20F4N4O4. The van der Waals surface area contributed by atoms with Crippen molar-refractivity contribution >= 4 is 11.2 Å². The Morgan fingerprint density at radius 3 is 2.46 bits per heavy atom. The molecule has 0 saturated heterocycles. The third kappa shape index (κ3) is 4.69. The van der Waals surface area contributed by atoms with Crippen LogP contribution in [0.3, 0.4) is 0 Å². The number of aliphatic hydroxyl groups excluding tert-OH is 1. The van der Waals surface area contributed by atoms with Crippen molar-refractivity contribution in [3.05, 3.63) is 80.7 Å². The third-order valence-corrected chi connectivity index (χ3v) is 5.51. The molecule has 4 aromatic rings. The maximum absolute atomic E-state index is 14.9. The predicted molar refractivity (Wildman–Crippen MR) is 119 cm³/mol. The van der Waals surface area contributed by atoms with E-state index in [-0.39, 0.29) is 28.3 Å². The number of ether oxygens (including phenoxy) is 1. The molecule has 0 aliphatic carbocycles. The number of H-pyrrole nitrogens is 1. The van der Waals surface area contributed by atoms with Gasteiger partial charge >= 0.3 is 11.9 Å². The van der Waals surface area contributed by atoms with E-state index in [0.29, 0.717) is 4.57 Å². The largest absolute Gasteiger partial charge is 0.483 e. The molecule has 0 amide bonds. The summed E-state index contributed by atoms with van der Waals surface area (Å²) in [7, 11) is 1.40. The summed E-state index contributed by atoms with van der Waals surface area (Å²) < 4.78 is 60.9. The number of aryl methyl sites for hydroxylation is 1. The SMILES string of the molecule is CC(Oc1ccc(-c2nc3c(c(=O)[nH]c(=O)n3CC(O)C(F)(F)F)n2C)cc1F)c1ccccc1. The minimum absolute atomic E-state index is 0.0212. The molecule has 0 fully saturated rings. The van der Waals surface area contributed by atoms with E-state index in [2.05, 4.69) is 4.98 Å². The van der Waals surface area contributed by atoms with Gasteiger partial charge in [0.2, 0.25) is 0 Å². The van der Waals surface area contributed by atoms with E-state index in [4.69, 9.17) is 4.74 Å². The average Bonchev–Trinajstić information content (AvgIpc) is 3.15. The van der Waals surface area contributed by atoms with Gasteiger partial charge in [-0.3, -0.25) is 14.3 Å². The number of alkyl halides is 3. The highest BCUT2D eigenvalue weighted by Gasteiger charge is 2.39. The Kier molecular flexibility index (Phi) is 6.24. The number of aromatic nitrogens is 4. The van der Waals surface area contributed by atoms with Crippen LogP contribution in [0.4, 0.5) is 17.6 Å². The molecular weight excluding hydrogens is 472 g/mol. The number of nitrogens with one attached hydrogen (secondary N) is 1. The predicted octanol–water partition coefficient (Wildman–Crippen LogP) is 3.29. The van der Waals surface area contributed by atoms with Crippen molar-refractivity contribution in [2.45, 2.75) is 31.9 Å². The Bertz CT molecular complexity index is 1490. The smallest absolute Gasteiger partial charge is 0.416 e. The summed E-state index contributed by atoms with van der Waals surface area (Å²) >= 11 is 0. The van der Waals surface area contributed by atoms with E-state index >= 15 is 0 Å². The van der Waals surface area contributed by atoms with Crippen LogP contribution in [-0.2, 0) is 13.6 Å². The maximum atomic E-state index is 14.9. The van der Waals surface area contributed by atoms with Crippen LogP contribution in [0, 0.1) is 5.82 Å². The van der Waals surface area contributed by atoms with Gasteiger partial charge in [0.25, 0.3) is 5.56 Å². The normalized spacial score (nSPS) is 13.7. The lowest BCUT2D eigenvalue weighted by Gasteiger charge is -2.16. The molecule has 184 valence electrons. The van der Waals surface area contributed by atoms with Crippen molar-refractivity contribution in [3.8, 4) is 17.1 Å². The highest BCUT2D eigenvalue weighted by Crippen LogP contribution is 2.30. The molecule has 0 saturated carbocycles. The molecule has 4 rings (SSSR count). The Morgan fingerprint density at radius 2 is 1.83 bits per heavy atom. The van der Waals surface area contributed by atoms with E-state index in [1.165, 1.54) is 23.7 Å². The van der Waals surface area contributed by atoms with Gasteiger partial charge in [0, 0.05) is 12.6 Å². The summed E-state index contributed by atoms with van der Waals surface area (Å²) in [5.41, 5.74) is -1.62. The van der Waals surface area contributed by atoms with E-state index in [1.54, 1.807) is 6.92 Å². The number of halogens is 4. The summed E-state index contributed by atoms with van der Waals surface area (Å²) in [6.07, 6.45) is -8.30. The lowest BCUT2D eigenvalue weighted by molar-refractivity contribution is -0.207. The van der Waals surface area contributed by atoms with Gasteiger partial charge in [0.1, 0.15) is 11.9 Å². The average molecular weight is 492 g/mol. The minimum atomic E-state index is -4.99. The van der Waals surface area contributed by atoms with Gasteiger partial charge < -0.3 is 14.4 Å². The minimum Gasteiger partial charge on any atom is -0.483 e. The Balaban J connectivity index is 1.73. The van der Waals surface area contributed by atoms with Crippen LogP contribution >= 0.6 is 0 Å². The zero-order valence-corrected chi connectivity index (χ0v) is 18.5. The first-order valence-corrected chi connectivity index (χ1v) is 10.4. The number of aromatic amines is 1. The molecule has 0 radical (unpaired) electrons. The first-order chi connectivity index (χ1) is 16.5. The van der Waals surface area contributed by atoms with Crippen LogP contribution in [0.15, 0.2) is 58.1 Å². The lowest BCUT2D eigenvalue weighted by atomic mass is 10.1. The number of benzene rings is 2. The highest BCUT2D eigenvalue weighted by molar-refractivity contribution is 5.77. The van der Waals surface area contributed by atoms with Crippen LogP contribution in [-0.4, -0.2) is 36.5 Å². The molecule has 0 aliphatic rings. The van der Waals surface area contributed by atoms with Crippen LogP contribution in [0.25, 0.3) is 22.6 Å². The molecule has 12 heteroatoms. The summed E-state index contributed by atoms with van der Waals surface area (Å²) in [6, 6.07) is 13.1. The monoisotopic (exact) mass is 492 g/mol. The van der Waals surface area contributed by atoms with Crippen molar-refractivity contribution in [1.29, 1.82) is 0 Å². The van der Waals surface area contributed by atoms with Gasteiger partial charge in [-0.2, -0.15) is 13.2 Å². The van der Waals surface area contributed by atoms with Crippen molar-refractivity contribution in [2.24, 2.45) is 7.05 Å². The number of rotatable bonds is 6. The highest BCUT2D eigenvalue weighted by atomic mass is 19.4. The Labute approximate surface area is 195 Å². The molecule has 2 heterocycles. The topological polar surface area (TPSA) is 102 Å². The zero-order valence-electron chi connectivity index (χ0n) is 18.5. The van der Waals surface area contributed by atoms with E-state index < -0.39 is 42.0 Å². The first-order valence-electron chi connectivity index (χ1n) is 10.4. The van der Waals surface area contributed by atoms with Gasteiger partial charge in [0.05, 0.1) is 6.54 Å². The second-order valence-corrected chi connectivity index (χ2v) is 7.91. The van der Waals surface area contributed by atoms with Gasteiger partial charge in [-0.25, -0.2) is 14.2 Å². The first kappa shape index (κ1) is 24.2. The van der Waals surface area contributed by atoms with Crippen molar-refractivity contribution in [1.82, 2.24) is 19.1 Å². The summed E-state index contributed by atoms with van der Waals surface area (Å²) in [6.45, 7) is 0.583. The number of hydrogen-bond acceptors (Lipinski definition) is 5. The molecule has 2 unspecified atom stereocenters. The molecule has 2 aromatic heterocycles. The number of nitrogens with zero attached hydrogens (tertiary/aromatic N) is 3. The van der Waals surface area contributed by atoms with Gasteiger partial charge in [-0.1, -0.05) is 30.3 Å². The van der Waals surface area contributed by atoms with Crippen molar-refractivity contribution in [3.63, 3.8) is 0 Å². The zero-order chi connectivity index (χ0) is 25.5. The maximum Gasteiger partial charge on any atom is 0.416 e. The summed E-state index contributed by atoms with van der Waals surface area (Å²) in [5.74, 6) is -0.740. The molecule has 2 atom stereocenters. The molecule has 0 aliphatic heterocycles. The quantitative estimate of drug-likeness (QED) is 0.402. The van der Waals surface area contributed by atoms with Crippen LogP contribution in [0.5, 0.6) is 5.75 Å². The summed E-state index contributed by atoms with van der Waals surface area (Å²) in [4.78, 5) is 30.6. The number of aliphatic hydroxyl groups is 1. The second-order valence-electron chi connectivity index (χ2n) is 7.91. The standard InChI is InChI=1S/C23H20F4N4O4/c1-12(13-6-4-3-5-7-13)35-16-9-8-14(10-15(16)24)19-28-20-18(30(19)2)21(33)29-22(34)31(20)11-17(32)23(25,26)27/h3-10,12,17,32H,11H2,1-2H3,(H,29,33,34). The molecule has 35 heavy (non-hydrogen) atoms. The van der Waals surface area contributed by atoms with E-state index in [9.17, 15) is 32.3 Å². The third-order valence-electron chi connectivity index (χ3n) is 5.51. The number of hydrogen-bond donors (Lipinski definition) is 2. The molecule has 0 bridgehead atoms. The summed E-state index contributed by atoms with van der Waals surface area (Å²) in [5, 5.41) is 9.43. The van der Waals surface area contributed by atoms with E-state index in [0.717, 1.165) is 11.6 Å². The van der Waals surface area contributed by atoms with Crippen molar-refractivity contribution < 1.29 is 27.4 Å². The Hall–Kier alpha value is -3.93. The van der Waals surface area contributed by atoms with Gasteiger partial charge in [-0.15, -0.1) is 0 Å². The lowest BCUT2D eigenvalue weighted by Crippen LogP contribution is -2.39. The van der Waals surface area contributed by atoms with Gasteiger partial charge in [-0.05, 0) is 30.7 Å². The second kappa shape index (κ2) is 9.02. The van der Waals surface area contributed by atoms with E-state index in [1.807, 2.05) is 35.3 Å². The number of imidazole rings is 1. The molecule has 0 spiro atoms. The van der Waals surface area contributed by atoms with Crippen molar-refractivity contribution in [2.75, 3.05) is 0 Å². The van der Waals surface area contributed by atoms with Gasteiger partial charge in [0.15, 0.2) is 28.8 Å². The molecule has 2 N–H and O–H groups in total. The fourth-order valence-corrected chi connectivity index (χ4v) is 3.67. The van der Waals surface area contributed by atoms with Crippen LogP contribution < -0.4 is 16.0 Å². The number of fused-ring (bicyclic) bond motifs is 1. The van der Waals surface area contributed by atoms with Crippen LogP contribution in [0.2, 0.25) is 0 Å². The molecule has 2 aromatic carbocycles.